The third kappa shape index (κ3) is 3.28. The highest BCUT2D eigenvalue weighted by Gasteiger charge is 2.10. The Morgan fingerprint density at radius 2 is 1.84 bits per heavy atom. The normalized spacial score (nSPS) is 10.5. The maximum atomic E-state index is 12.3. The van der Waals surface area contributed by atoms with E-state index in [1.54, 1.807) is 6.20 Å². The predicted octanol–water partition coefficient (Wildman–Crippen LogP) is 3.82. The summed E-state index contributed by atoms with van der Waals surface area (Å²) in [7, 11) is 0. The van der Waals surface area contributed by atoms with E-state index in [1.807, 2.05) is 38.2 Å². The Balaban J connectivity index is 2.10. The molecule has 2 rings (SSSR count). The molecule has 0 saturated carbocycles. The van der Waals surface area contributed by atoms with Crippen molar-refractivity contribution < 1.29 is 4.79 Å². The first-order valence-electron chi connectivity index (χ1n) is 6.58. The van der Waals surface area contributed by atoms with E-state index in [4.69, 9.17) is 0 Å². The summed E-state index contributed by atoms with van der Waals surface area (Å²) in [6.07, 6.45) is 4.85. The summed E-state index contributed by atoms with van der Waals surface area (Å²) in [4.78, 5) is 16.3. The Labute approximate surface area is 114 Å². The average Bonchev–Trinajstić information content (AvgIpc) is 2.41. The topological polar surface area (TPSA) is 30.0 Å². The molecule has 0 amide bonds. The monoisotopic (exact) mass is 253 g/mol. The van der Waals surface area contributed by atoms with Gasteiger partial charge in [-0.3, -0.25) is 9.78 Å². The molecule has 0 aliphatic carbocycles. The van der Waals surface area contributed by atoms with Crippen molar-refractivity contribution in [3.8, 4) is 0 Å². The Hall–Kier alpha value is -1.96. The quantitative estimate of drug-likeness (QED) is 0.775. The zero-order valence-corrected chi connectivity index (χ0v) is 11.7. The number of hydrogen-bond acceptors (Lipinski definition) is 2. The largest absolute Gasteiger partial charge is 0.294 e. The number of carbonyl (C=O) groups is 1. The van der Waals surface area contributed by atoms with Crippen molar-refractivity contribution in [3.63, 3.8) is 0 Å². The lowest BCUT2D eigenvalue weighted by Gasteiger charge is -2.09. The van der Waals surface area contributed by atoms with Crippen molar-refractivity contribution in [3.05, 3.63) is 64.5 Å². The van der Waals surface area contributed by atoms with Crippen LogP contribution in [0.25, 0.3) is 0 Å². The molecule has 98 valence electrons. The van der Waals surface area contributed by atoms with Crippen LogP contribution in [0.15, 0.2) is 36.7 Å². The minimum Gasteiger partial charge on any atom is -0.294 e. The summed E-state index contributed by atoms with van der Waals surface area (Å²) in [6.45, 7) is 6.13. The van der Waals surface area contributed by atoms with Gasteiger partial charge in [0.15, 0.2) is 5.78 Å². The van der Waals surface area contributed by atoms with E-state index in [1.165, 1.54) is 11.1 Å². The van der Waals surface area contributed by atoms with Crippen molar-refractivity contribution in [2.45, 2.75) is 33.6 Å². The van der Waals surface area contributed by atoms with Crippen LogP contribution < -0.4 is 0 Å². The zero-order chi connectivity index (χ0) is 13.8. The number of ketones is 1. The molecule has 0 bridgehead atoms. The fraction of sp³-hybridized carbons (Fsp3) is 0.294. The molecule has 0 atom stereocenters. The number of benzene rings is 1. The molecule has 2 heteroatoms. The Kier molecular flexibility index (Phi) is 4.10. The number of carbonyl (C=O) groups excluding carboxylic acids is 1. The number of pyridine rings is 1. The van der Waals surface area contributed by atoms with Gasteiger partial charge in [-0.15, -0.1) is 0 Å². The molecule has 0 N–H and O–H groups in total. The molecule has 0 aliphatic rings. The van der Waals surface area contributed by atoms with Crippen LogP contribution in [0.2, 0.25) is 0 Å². The van der Waals surface area contributed by atoms with Crippen LogP contribution in [0.1, 0.15) is 39.0 Å². The predicted molar refractivity (Wildman–Crippen MR) is 77.5 cm³/mol. The Morgan fingerprint density at radius 3 is 2.53 bits per heavy atom. The molecule has 0 saturated heterocycles. The van der Waals surface area contributed by atoms with Gasteiger partial charge < -0.3 is 0 Å². The molecule has 0 fully saturated rings. The maximum absolute atomic E-state index is 12.3. The number of hydrogen-bond donors (Lipinski definition) is 0. The molecule has 0 spiro atoms. The molecule has 1 aromatic heterocycles. The van der Waals surface area contributed by atoms with Gasteiger partial charge in [-0.25, -0.2) is 0 Å². The number of nitrogens with zero attached hydrogens (tertiary/aromatic N) is 1. The second kappa shape index (κ2) is 5.79. The van der Waals surface area contributed by atoms with Gasteiger partial charge >= 0.3 is 0 Å². The molecule has 2 aromatic rings. The first kappa shape index (κ1) is 13.5. The van der Waals surface area contributed by atoms with Crippen LogP contribution in [0.4, 0.5) is 0 Å². The summed E-state index contributed by atoms with van der Waals surface area (Å²) in [5.41, 5.74) is 5.44. The van der Waals surface area contributed by atoms with Gasteiger partial charge in [0.1, 0.15) is 0 Å². The van der Waals surface area contributed by atoms with Crippen molar-refractivity contribution in [2.24, 2.45) is 0 Å². The van der Waals surface area contributed by atoms with Crippen molar-refractivity contribution >= 4 is 5.78 Å². The highest BCUT2D eigenvalue weighted by atomic mass is 16.1. The molecule has 0 aliphatic heterocycles. The summed E-state index contributed by atoms with van der Waals surface area (Å²) in [5.74, 6) is 0.212. The van der Waals surface area contributed by atoms with Gasteiger partial charge in [0, 0.05) is 24.4 Å². The van der Waals surface area contributed by atoms with E-state index in [0.29, 0.717) is 6.42 Å². The van der Waals surface area contributed by atoms with E-state index in [0.717, 1.165) is 23.1 Å². The third-order valence-corrected chi connectivity index (χ3v) is 3.50. The molecular weight excluding hydrogens is 234 g/mol. The fourth-order valence-electron chi connectivity index (χ4n) is 2.20. The molecule has 0 unspecified atom stereocenters. The van der Waals surface area contributed by atoms with Gasteiger partial charge in [0.2, 0.25) is 0 Å². The molecule has 0 radical (unpaired) electrons. The minimum atomic E-state index is 0.212. The van der Waals surface area contributed by atoms with Gasteiger partial charge in [0.25, 0.3) is 0 Å². The third-order valence-electron chi connectivity index (χ3n) is 3.50. The van der Waals surface area contributed by atoms with Gasteiger partial charge in [0.05, 0.1) is 0 Å². The van der Waals surface area contributed by atoms with Crippen LogP contribution in [-0.4, -0.2) is 10.8 Å². The van der Waals surface area contributed by atoms with Crippen LogP contribution in [0, 0.1) is 20.8 Å². The summed E-state index contributed by atoms with van der Waals surface area (Å²) >= 11 is 0. The number of Topliss-reactive ketones (excluding diaryl/α,β-unsaturated/α-hetero) is 1. The highest BCUT2D eigenvalue weighted by molar-refractivity contribution is 5.97. The number of aryl methyl sites for hydroxylation is 4. The minimum absolute atomic E-state index is 0.212. The molecule has 1 aromatic carbocycles. The lowest BCUT2D eigenvalue weighted by molar-refractivity contribution is 0.0982. The average molecular weight is 253 g/mol. The molecular formula is C17H19NO. The summed E-state index contributed by atoms with van der Waals surface area (Å²) in [6, 6.07) is 8.01. The van der Waals surface area contributed by atoms with Crippen LogP contribution in [0.3, 0.4) is 0 Å². The highest BCUT2D eigenvalue weighted by Crippen LogP contribution is 2.17. The second-order valence-electron chi connectivity index (χ2n) is 5.04. The van der Waals surface area contributed by atoms with Gasteiger partial charge in [-0.2, -0.15) is 0 Å². The molecule has 1 heterocycles. The fourth-order valence-corrected chi connectivity index (χ4v) is 2.20. The van der Waals surface area contributed by atoms with Crippen LogP contribution in [-0.2, 0) is 6.42 Å². The number of aromatic nitrogens is 1. The SMILES string of the molecule is Cc1cc(C)c(C(=O)CCc2cccnc2)cc1C. The van der Waals surface area contributed by atoms with E-state index in [9.17, 15) is 4.79 Å². The Morgan fingerprint density at radius 1 is 1.11 bits per heavy atom. The first-order chi connectivity index (χ1) is 9.08. The van der Waals surface area contributed by atoms with E-state index >= 15 is 0 Å². The van der Waals surface area contributed by atoms with E-state index in [-0.39, 0.29) is 5.78 Å². The van der Waals surface area contributed by atoms with Crippen LogP contribution >= 0.6 is 0 Å². The zero-order valence-electron chi connectivity index (χ0n) is 11.7. The molecule has 19 heavy (non-hydrogen) atoms. The first-order valence-corrected chi connectivity index (χ1v) is 6.58. The lowest BCUT2D eigenvalue weighted by atomic mass is 9.95. The van der Waals surface area contributed by atoms with Crippen molar-refractivity contribution in [2.75, 3.05) is 0 Å². The van der Waals surface area contributed by atoms with Crippen LogP contribution in [0.5, 0.6) is 0 Å². The summed E-state index contributed by atoms with van der Waals surface area (Å²) in [5, 5.41) is 0. The Bertz CT molecular complexity index is 588. The smallest absolute Gasteiger partial charge is 0.163 e. The van der Waals surface area contributed by atoms with E-state index in [2.05, 4.69) is 18.0 Å². The van der Waals surface area contributed by atoms with Gasteiger partial charge in [-0.05, 0) is 61.6 Å². The summed E-state index contributed by atoms with van der Waals surface area (Å²) < 4.78 is 0. The molecule has 2 nitrogen and oxygen atoms in total. The van der Waals surface area contributed by atoms with E-state index < -0.39 is 0 Å². The van der Waals surface area contributed by atoms with Crippen molar-refractivity contribution in [1.29, 1.82) is 0 Å². The second-order valence-corrected chi connectivity index (χ2v) is 5.04. The van der Waals surface area contributed by atoms with Gasteiger partial charge in [-0.1, -0.05) is 12.1 Å². The maximum Gasteiger partial charge on any atom is 0.163 e. The van der Waals surface area contributed by atoms with Crippen molar-refractivity contribution in [1.82, 2.24) is 4.98 Å². The lowest BCUT2D eigenvalue weighted by Crippen LogP contribution is -2.05. The standard InChI is InChI=1S/C17H19NO/c1-12-9-14(3)16(10-13(12)2)17(19)7-6-15-5-4-8-18-11-15/h4-5,8-11H,6-7H2,1-3H3. The number of rotatable bonds is 4.